The summed E-state index contributed by atoms with van der Waals surface area (Å²) in [5, 5.41) is 35.7. The molecule has 3 fully saturated rings. The van der Waals surface area contributed by atoms with Crippen molar-refractivity contribution in [1.29, 1.82) is 0 Å². The minimum Gasteiger partial charge on any atom is -0.466 e. The average Bonchev–Trinajstić information content (AvgIpc) is 3.06. The van der Waals surface area contributed by atoms with Crippen molar-refractivity contribution < 1.29 is 53.4 Å². The summed E-state index contributed by atoms with van der Waals surface area (Å²) < 4.78 is 23.4. The summed E-state index contributed by atoms with van der Waals surface area (Å²) in [5.74, 6) is -4.18. The largest absolute Gasteiger partial charge is 0.466 e. The molecular formula is C36H42O11. The van der Waals surface area contributed by atoms with E-state index < -0.39 is 70.6 Å². The van der Waals surface area contributed by atoms with Crippen LogP contribution in [0.25, 0.3) is 0 Å². The molecule has 2 saturated carbocycles. The van der Waals surface area contributed by atoms with Crippen LogP contribution >= 0.6 is 0 Å². The summed E-state index contributed by atoms with van der Waals surface area (Å²) in [6.45, 7) is 3.72. The Labute approximate surface area is 273 Å². The Bertz CT molecular complexity index is 1510. The van der Waals surface area contributed by atoms with Crippen LogP contribution in [-0.2, 0) is 39.8 Å². The molecule has 2 aromatic carbocycles. The van der Waals surface area contributed by atoms with Crippen LogP contribution in [0.2, 0.25) is 0 Å². The number of hydrogen-bond acceptors (Lipinski definition) is 11. The molecule has 0 aromatic heterocycles. The van der Waals surface area contributed by atoms with E-state index in [0.717, 1.165) is 5.56 Å². The Hall–Kier alpha value is -3.90. The fourth-order valence-corrected chi connectivity index (χ4v) is 7.45. The van der Waals surface area contributed by atoms with E-state index in [4.69, 9.17) is 18.9 Å². The first-order chi connectivity index (χ1) is 22.4. The number of hydrogen-bond donors (Lipinski definition) is 3. The molecule has 11 nitrogen and oxygen atoms in total. The number of rotatable bonds is 9. The number of carbonyl (C=O) groups is 4. The monoisotopic (exact) mass is 650 g/mol. The summed E-state index contributed by atoms with van der Waals surface area (Å²) in [5.41, 5.74) is -4.31. The van der Waals surface area contributed by atoms with Gasteiger partial charge in [0.25, 0.3) is 0 Å². The van der Waals surface area contributed by atoms with Crippen molar-refractivity contribution in [2.45, 2.75) is 88.5 Å². The lowest BCUT2D eigenvalue weighted by Gasteiger charge is -2.64. The van der Waals surface area contributed by atoms with Gasteiger partial charge in [-0.2, -0.15) is 0 Å². The van der Waals surface area contributed by atoms with Gasteiger partial charge in [-0.1, -0.05) is 54.6 Å². The SMILES string of the molecule is C/C=C1/C[C@@](O)(CCOC(=O)CCc2ccccc2)[C@@H](OC(=O)c2ccccc2)C2[C@]3(OC(C)=O)COC3C[C@H](O)[C@@]2(C)C(=O)[C@@H]1O. The minimum atomic E-state index is -2.08. The summed E-state index contributed by atoms with van der Waals surface area (Å²) in [7, 11) is 0. The normalized spacial score (nSPS) is 34.1. The number of fused-ring (bicyclic) bond motifs is 3. The highest BCUT2D eigenvalue weighted by Gasteiger charge is 2.75. The lowest BCUT2D eigenvalue weighted by Crippen LogP contribution is -2.80. The fourth-order valence-electron chi connectivity index (χ4n) is 7.45. The molecule has 1 aliphatic heterocycles. The molecule has 0 radical (unpaired) electrons. The second kappa shape index (κ2) is 13.7. The van der Waals surface area contributed by atoms with Crippen molar-refractivity contribution in [3.63, 3.8) is 0 Å². The number of carbonyl (C=O) groups excluding carboxylic acids is 4. The second-order valence-corrected chi connectivity index (χ2v) is 12.9. The van der Waals surface area contributed by atoms with Gasteiger partial charge in [0.15, 0.2) is 11.4 Å². The van der Waals surface area contributed by atoms with Gasteiger partial charge >= 0.3 is 17.9 Å². The van der Waals surface area contributed by atoms with Crippen LogP contribution in [0, 0.1) is 11.3 Å². The van der Waals surface area contributed by atoms with Crippen molar-refractivity contribution >= 4 is 23.7 Å². The molecule has 2 aliphatic carbocycles. The van der Waals surface area contributed by atoms with Crippen LogP contribution in [0.15, 0.2) is 72.3 Å². The molecule has 0 amide bonds. The third-order valence-corrected chi connectivity index (χ3v) is 10.0. The highest BCUT2D eigenvalue weighted by Crippen LogP contribution is 2.59. The van der Waals surface area contributed by atoms with Gasteiger partial charge in [0.2, 0.25) is 0 Å². The van der Waals surface area contributed by atoms with Gasteiger partial charge in [-0.05, 0) is 43.5 Å². The topological polar surface area (TPSA) is 166 Å². The molecule has 3 aliphatic rings. The van der Waals surface area contributed by atoms with Gasteiger partial charge in [0.05, 0.1) is 36.2 Å². The highest BCUT2D eigenvalue weighted by atomic mass is 16.6. The maximum Gasteiger partial charge on any atom is 0.338 e. The van der Waals surface area contributed by atoms with Crippen molar-refractivity contribution in [1.82, 2.24) is 0 Å². The van der Waals surface area contributed by atoms with Gasteiger partial charge in [0.1, 0.15) is 23.9 Å². The first-order valence-electron chi connectivity index (χ1n) is 15.9. The van der Waals surface area contributed by atoms with Crippen LogP contribution < -0.4 is 0 Å². The standard InChI is InChI=1S/C36H42O11/c1-4-24-20-35(43,17-18-44-28(39)16-15-23-11-7-5-8-12-23)32(46-33(42)25-13-9-6-10-14-25)30-34(3,31(41)29(24)40)26(38)19-27-36(30,21-45-27)47-22(2)37/h4-14,26-27,29-30,32,38,40,43H,15-21H2,1-3H3/b24-4-/t26-,27?,29+,30?,32-,34+,35-,36-/m0/s1. The summed E-state index contributed by atoms with van der Waals surface area (Å²) in [6.07, 6.45) is -4.37. The number of benzene rings is 2. The third kappa shape index (κ3) is 6.49. The summed E-state index contributed by atoms with van der Waals surface area (Å²) in [4.78, 5) is 53.3. The van der Waals surface area contributed by atoms with E-state index in [2.05, 4.69) is 0 Å². The van der Waals surface area contributed by atoms with Crippen LogP contribution in [0.1, 0.15) is 62.4 Å². The third-order valence-electron chi connectivity index (χ3n) is 10.0. The zero-order valence-corrected chi connectivity index (χ0v) is 26.8. The van der Waals surface area contributed by atoms with Crippen LogP contribution in [0.5, 0.6) is 0 Å². The van der Waals surface area contributed by atoms with Crippen LogP contribution in [0.3, 0.4) is 0 Å². The van der Waals surface area contributed by atoms with Gasteiger partial charge in [-0.15, -0.1) is 0 Å². The Morgan fingerprint density at radius 3 is 2.30 bits per heavy atom. The minimum absolute atomic E-state index is 0.0870. The number of ketones is 1. The van der Waals surface area contributed by atoms with E-state index in [1.807, 2.05) is 30.3 Å². The molecule has 2 unspecified atom stereocenters. The molecule has 8 atom stereocenters. The smallest absolute Gasteiger partial charge is 0.338 e. The molecule has 1 saturated heterocycles. The molecule has 1 heterocycles. The quantitative estimate of drug-likeness (QED) is 0.208. The number of Topliss-reactive ketones (excluding diaryl/α,β-unsaturated/α-hetero) is 1. The molecule has 0 spiro atoms. The first kappa shape index (κ1) is 34.4. The second-order valence-electron chi connectivity index (χ2n) is 12.9. The predicted molar refractivity (Wildman–Crippen MR) is 167 cm³/mol. The lowest BCUT2D eigenvalue weighted by molar-refractivity contribution is -0.340. The average molecular weight is 651 g/mol. The van der Waals surface area contributed by atoms with Gasteiger partial charge in [-0.3, -0.25) is 14.4 Å². The van der Waals surface area contributed by atoms with Crippen molar-refractivity contribution in [3.05, 3.63) is 83.4 Å². The summed E-state index contributed by atoms with van der Waals surface area (Å²) >= 11 is 0. The van der Waals surface area contributed by atoms with Crippen LogP contribution in [0.4, 0.5) is 0 Å². The number of allylic oxidation sites excluding steroid dienone is 1. The fraction of sp³-hybridized carbons (Fsp3) is 0.500. The van der Waals surface area contributed by atoms with E-state index in [1.165, 1.54) is 32.1 Å². The van der Waals surface area contributed by atoms with Crippen molar-refractivity contribution in [2.24, 2.45) is 11.3 Å². The molecule has 11 heteroatoms. The number of aliphatic hydroxyl groups excluding tert-OH is 2. The molecule has 252 valence electrons. The van der Waals surface area contributed by atoms with Gasteiger partial charge in [0, 0.05) is 32.6 Å². The molecule has 2 aromatic rings. The highest BCUT2D eigenvalue weighted by molar-refractivity contribution is 5.93. The van der Waals surface area contributed by atoms with Gasteiger partial charge in [-0.25, -0.2) is 4.79 Å². The van der Waals surface area contributed by atoms with Crippen molar-refractivity contribution in [3.8, 4) is 0 Å². The maximum absolute atomic E-state index is 14.2. The number of esters is 3. The molecule has 5 rings (SSSR count). The van der Waals surface area contributed by atoms with Crippen molar-refractivity contribution in [2.75, 3.05) is 13.2 Å². The lowest BCUT2D eigenvalue weighted by atomic mass is 9.49. The van der Waals surface area contributed by atoms with Crippen LogP contribution in [-0.4, -0.2) is 87.8 Å². The Morgan fingerprint density at radius 2 is 1.70 bits per heavy atom. The van der Waals surface area contributed by atoms with E-state index in [-0.39, 0.29) is 50.0 Å². The number of ether oxygens (including phenoxy) is 4. The van der Waals surface area contributed by atoms with E-state index in [0.29, 0.717) is 6.42 Å². The Morgan fingerprint density at radius 1 is 1.04 bits per heavy atom. The number of aryl methyl sites for hydroxylation is 1. The zero-order chi connectivity index (χ0) is 34.0. The maximum atomic E-state index is 14.2. The van der Waals surface area contributed by atoms with E-state index in [1.54, 1.807) is 25.1 Å². The number of aliphatic hydroxyl groups is 3. The summed E-state index contributed by atoms with van der Waals surface area (Å²) in [6, 6.07) is 17.5. The Balaban J connectivity index is 1.56. The van der Waals surface area contributed by atoms with Gasteiger partial charge < -0.3 is 34.3 Å². The zero-order valence-electron chi connectivity index (χ0n) is 26.8. The van der Waals surface area contributed by atoms with E-state index in [9.17, 15) is 34.5 Å². The molecular weight excluding hydrogens is 608 g/mol. The predicted octanol–water partition coefficient (Wildman–Crippen LogP) is 2.88. The first-order valence-corrected chi connectivity index (χ1v) is 15.9. The Kier molecular flexibility index (Phi) is 10.0. The molecule has 3 N–H and O–H groups in total. The van der Waals surface area contributed by atoms with E-state index >= 15 is 0 Å². The molecule has 0 bridgehead atoms. The molecule has 47 heavy (non-hydrogen) atoms.